The van der Waals surface area contributed by atoms with E-state index in [0.717, 1.165) is 21.3 Å². The number of benzene rings is 2. The molecule has 8 nitrogen and oxygen atoms in total. The molecule has 0 bridgehead atoms. The molecule has 2 aromatic carbocycles. The Morgan fingerprint density at radius 1 is 1.03 bits per heavy atom. The summed E-state index contributed by atoms with van der Waals surface area (Å²) in [5.74, 6) is 2.27. The Bertz CT molecular complexity index is 1150. The van der Waals surface area contributed by atoms with Gasteiger partial charge in [-0.1, -0.05) is 64.1 Å². The molecule has 0 radical (unpaired) electrons. The molecule has 4 N–H and O–H groups in total. The molecule has 0 unspecified atom stereocenters. The monoisotopic (exact) mass is 468 g/mol. The number of rotatable bonds is 6. The van der Waals surface area contributed by atoms with Gasteiger partial charge in [-0.3, -0.25) is 5.10 Å². The minimum absolute atomic E-state index is 0.163. The summed E-state index contributed by atoms with van der Waals surface area (Å²) >= 11 is 4.94. The number of halogens is 1. The average molecular weight is 469 g/mol. The summed E-state index contributed by atoms with van der Waals surface area (Å²) in [6, 6.07) is 15.7. The van der Waals surface area contributed by atoms with Crippen LogP contribution in [0, 0.1) is 6.92 Å². The summed E-state index contributed by atoms with van der Waals surface area (Å²) < 4.78 is 0.949. The third kappa shape index (κ3) is 4.72. The molecule has 0 atom stereocenters. The molecule has 0 saturated carbocycles. The highest BCUT2D eigenvalue weighted by molar-refractivity contribution is 9.10. The first-order valence-electron chi connectivity index (χ1n) is 8.71. The number of nitrogen functional groups attached to an aromatic ring is 1. The zero-order valence-corrected chi connectivity index (χ0v) is 17.8. The minimum atomic E-state index is 0.163. The lowest BCUT2D eigenvalue weighted by Gasteiger charge is -2.09. The second-order valence-electron chi connectivity index (χ2n) is 6.11. The molecule has 4 aromatic rings. The van der Waals surface area contributed by atoms with Crippen LogP contribution in [0.1, 0.15) is 11.4 Å². The van der Waals surface area contributed by atoms with Gasteiger partial charge in [0, 0.05) is 15.7 Å². The number of nitrogens with zero attached hydrogens (tertiary/aromatic N) is 5. The Morgan fingerprint density at radius 2 is 1.83 bits per heavy atom. The van der Waals surface area contributed by atoms with Crippen LogP contribution in [0.5, 0.6) is 0 Å². The quantitative estimate of drug-likeness (QED) is 0.357. The first-order chi connectivity index (χ1) is 14.1. The maximum atomic E-state index is 5.86. The normalized spacial score (nSPS) is 10.8. The number of H-pyrrole nitrogens is 1. The van der Waals surface area contributed by atoms with Crippen molar-refractivity contribution in [3.05, 3.63) is 64.4 Å². The van der Waals surface area contributed by atoms with Crippen molar-refractivity contribution in [3.63, 3.8) is 0 Å². The van der Waals surface area contributed by atoms with E-state index in [-0.39, 0.29) is 5.95 Å². The van der Waals surface area contributed by atoms with Gasteiger partial charge in [0.15, 0.2) is 5.82 Å². The second kappa shape index (κ2) is 8.58. The van der Waals surface area contributed by atoms with E-state index in [9.17, 15) is 0 Å². The third-order valence-corrected chi connectivity index (χ3v) is 5.55. The maximum Gasteiger partial charge on any atom is 0.232 e. The van der Waals surface area contributed by atoms with Crippen LogP contribution in [0.3, 0.4) is 0 Å². The van der Waals surface area contributed by atoms with Crippen LogP contribution >= 0.6 is 27.7 Å². The van der Waals surface area contributed by atoms with Gasteiger partial charge < -0.3 is 11.1 Å². The van der Waals surface area contributed by atoms with E-state index in [1.54, 1.807) is 0 Å². The summed E-state index contributed by atoms with van der Waals surface area (Å²) in [5, 5.41) is 11.0. The topological polar surface area (TPSA) is 118 Å². The number of aryl methyl sites for hydroxylation is 1. The fraction of sp³-hybridized carbons (Fsp3) is 0.105. The van der Waals surface area contributed by atoms with Crippen LogP contribution in [0.25, 0.3) is 11.4 Å². The molecule has 10 heteroatoms. The van der Waals surface area contributed by atoms with E-state index < -0.39 is 0 Å². The molecule has 4 rings (SSSR count). The largest absolute Gasteiger partial charge is 0.368 e. The number of hydrogen-bond donors (Lipinski definition) is 3. The van der Waals surface area contributed by atoms with Gasteiger partial charge in [-0.15, -0.1) is 5.10 Å². The maximum absolute atomic E-state index is 5.86. The van der Waals surface area contributed by atoms with E-state index >= 15 is 0 Å². The highest BCUT2D eigenvalue weighted by Crippen LogP contribution is 2.27. The van der Waals surface area contributed by atoms with Gasteiger partial charge in [-0.2, -0.15) is 15.0 Å². The molecule has 0 aliphatic carbocycles. The van der Waals surface area contributed by atoms with Crippen LogP contribution in [0.15, 0.2) is 58.2 Å². The number of para-hydroxylation sites is 1. The van der Waals surface area contributed by atoms with Crippen molar-refractivity contribution in [1.29, 1.82) is 0 Å². The molecule has 0 saturated heterocycles. The van der Waals surface area contributed by atoms with Crippen LogP contribution in [-0.4, -0.2) is 30.1 Å². The molecular weight excluding hydrogens is 452 g/mol. The summed E-state index contributed by atoms with van der Waals surface area (Å²) in [7, 11) is 0. The van der Waals surface area contributed by atoms with Gasteiger partial charge in [0.1, 0.15) is 5.82 Å². The van der Waals surface area contributed by atoms with Gasteiger partial charge >= 0.3 is 0 Å². The lowest BCUT2D eigenvalue weighted by molar-refractivity contribution is 0.955. The fourth-order valence-electron chi connectivity index (χ4n) is 2.61. The van der Waals surface area contributed by atoms with Gasteiger partial charge in [0.2, 0.25) is 17.1 Å². The van der Waals surface area contributed by atoms with Gasteiger partial charge in [-0.25, -0.2) is 4.98 Å². The first-order valence-corrected chi connectivity index (χ1v) is 10.5. The number of hydrogen-bond acceptors (Lipinski definition) is 8. The van der Waals surface area contributed by atoms with E-state index in [0.29, 0.717) is 28.5 Å². The van der Waals surface area contributed by atoms with Gasteiger partial charge in [0.25, 0.3) is 0 Å². The second-order valence-corrected chi connectivity index (χ2v) is 7.91. The smallest absolute Gasteiger partial charge is 0.232 e. The molecule has 0 fully saturated rings. The molecule has 0 spiro atoms. The highest BCUT2D eigenvalue weighted by atomic mass is 79.9. The van der Waals surface area contributed by atoms with E-state index in [4.69, 9.17) is 5.73 Å². The standard InChI is InChI=1S/C19H17BrN8S/c1-11-6-2-5-9-14(11)22-18-24-15(23-17(21)26-18)10-29-19-25-16(27-28-19)12-7-3-4-8-13(12)20/h2-9H,10H2,1H3,(H,25,27,28)(H3,21,22,23,24,26). The molecule has 0 amide bonds. The number of nitrogens with one attached hydrogen (secondary N) is 2. The predicted octanol–water partition coefficient (Wildman–Crippen LogP) is 4.35. The van der Waals surface area contributed by atoms with E-state index in [1.807, 2.05) is 55.5 Å². The van der Waals surface area contributed by atoms with Crippen molar-refractivity contribution in [1.82, 2.24) is 30.1 Å². The van der Waals surface area contributed by atoms with Crippen molar-refractivity contribution in [2.45, 2.75) is 17.8 Å². The summed E-state index contributed by atoms with van der Waals surface area (Å²) in [6.45, 7) is 2.01. The first kappa shape index (κ1) is 19.3. The van der Waals surface area contributed by atoms with Crippen molar-refractivity contribution in [3.8, 4) is 11.4 Å². The number of thioether (sulfide) groups is 1. The summed E-state index contributed by atoms with van der Waals surface area (Å²) in [4.78, 5) is 17.4. The van der Waals surface area contributed by atoms with Crippen LogP contribution < -0.4 is 11.1 Å². The lowest BCUT2D eigenvalue weighted by atomic mass is 10.2. The fourth-order valence-corrected chi connectivity index (χ4v) is 3.73. The predicted molar refractivity (Wildman–Crippen MR) is 118 cm³/mol. The zero-order chi connectivity index (χ0) is 20.2. The number of aromatic amines is 1. The molecule has 2 aromatic heterocycles. The third-order valence-electron chi connectivity index (χ3n) is 4.01. The minimum Gasteiger partial charge on any atom is -0.368 e. The Labute approximate surface area is 179 Å². The molecule has 2 heterocycles. The van der Waals surface area contributed by atoms with E-state index in [2.05, 4.69) is 51.4 Å². The number of nitrogens with two attached hydrogens (primary N) is 1. The Balaban J connectivity index is 1.47. The van der Waals surface area contributed by atoms with Gasteiger partial charge in [-0.05, 0) is 24.6 Å². The van der Waals surface area contributed by atoms with Crippen molar-refractivity contribution in [2.75, 3.05) is 11.1 Å². The molecule has 0 aliphatic heterocycles. The number of aromatic nitrogens is 6. The Hall–Kier alpha value is -2.98. The van der Waals surface area contributed by atoms with Crippen LogP contribution in [0.4, 0.5) is 17.6 Å². The van der Waals surface area contributed by atoms with Crippen molar-refractivity contribution >= 4 is 45.3 Å². The van der Waals surface area contributed by atoms with Crippen LogP contribution in [-0.2, 0) is 5.75 Å². The van der Waals surface area contributed by atoms with E-state index in [1.165, 1.54) is 11.8 Å². The molecular formula is C19H17BrN8S. The summed E-state index contributed by atoms with van der Waals surface area (Å²) in [5.41, 5.74) is 8.81. The molecule has 146 valence electrons. The SMILES string of the molecule is Cc1ccccc1Nc1nc(N)nc(CSc2n[nH]c(-c3ccccc3Br)n2)n1. The Kier molecular flexibility index (Phi) is 5.72. The van der Waals surface area contributed by atoms with Crippen molar-refractivity contribution < 1.29 is 0 Å². The van der Waals surface area contributed by atoms with Crippen LogP contribution in [0.2, 0.25) is 0 Å². The number of anilines is 3. The lowest BCUT2D eigenvalue weighted by Crippen LogP contribution is -2.07. The summed E-state index contributed by atoms with van der Waals surface area (Å²) in [6.07, 6.45) is 0. The van der Waals surface area contributed by atoms with Crippen molar-refractivity contribution in [2.24, 2.45) is 0 Å². The average Bonchev–Trinajstić information content (AvgIpc) is 3.17. The zero-order valence-electron chi connectivity index (χ0n) is 15.4. The Morgan fingerprint density at radius 3 is 2.66 bits per heavy atom. The van der Waals surface area contributed by atoms with Gasteiger partial charge in [0.05, 0.1) is 5.75 Å². The molecule has 29 heavy (non-hydrogen) atoms. The highest BCUT2D eigenvalue weighted by Gasteiger charge is 2.11. The molecule has 0 aliphatic rings.